The number of carbonyl (C=O) groups excluding carboxylic acids is 1. The first-order valence-corrected chi connectivity index (χ1v) is 6.53. The highest BCUT2D eigenvalue weighted by molar-refractivity contribution is 6.09. The molecule has 0 aliphatic rings. The maximum Gasteiger partial charge on any atom is 0.193 e. The van der Waals surface area contributed by atoms with Crippen LogP contribution in [0.15, 0.2) is 42.5 Å². The van der Waals surface area contributed by atoms with E-state index in [2.05, 4.69) is 0 Å². The molecule has 0 saturated carbocycles. The van der Waals surface area contributed by atoms with E-state index in [1.54, 1.807) is 42.5 Å². The van der Waals surface area contributed by atoms with Crippen LogP contribution in [-0.4, -0.2) is 10.9 Å². The number of ketones is 1. The number of hydrogen-bond donors (Lipinski definition) is 2. The van der Waals surface area contributed by atoms with Crippen molar-refractivity contribution in [3.05, 3.63) is 59.2 Å². The van der Waals surface area contributed by atoms with Crippen molar-refractivity contribution in [2.75, 3.05) is 5.73 Å². The van der Waals surface area contributed by atoms with E-state index in [4.69, 9.17) is 5.73 Å². The molecule has 0 radical (unpaired) electrons. The van der Waals surface area contributed by atoms with Crippen molar-refractivity contribution in [3.8, 4) is 5.75 Å². The van der Waals surface area contributed by atoms with Gasteiger partial charge in [-0.2, -0.15) is 0 Å². The molecule has 0 unspecified atom stereocenters. The van der Waals surface area contributed by atoms with Gasteiger partial charge in [0.25, 0.3) is 0 Å². The van der Waals surface area contributed by atoms with Gasteiger partial charge in [0.15, 0.2) is 5.78 Å². The van der Waals surface area contributed by atoms with Crippen LogP contribution in [0.2, 0.25) is 0 Å². The number of aromatic hydroxyl groups is 1. The van der Waals surface area contributed by atoms with E-state index in [9.17, 15) is 9.90 Å². The summed E-state index contributed by atoms with van der Waals surface area (Å²) in [6.07, 6.45) is 0. The Labute approximate surface area is 119 Å². The Kier molecular flexibility index (Phi) is 3.53. The fourth-order valence-corrected chi connectivity index (χ4v) is 2.12. The molecular formula is C17H19NO2. The van der Waals surface area contributed by atoms with Crippen molar-refractivity contribution in [2.45, 2.75) is 26.2 Å². The molecule has 3 heteroatoms. The average Bonchev–Trinajstić information content (AvgIpc) is 2.37. The smallest absolute Gasteiger partial charge is 0.193 e. The molecule has 0 fully saturated rings. The topological polar surface area (TPSA) is 63.3 Å². The molecule has 0 saturated heterocycles. The molecule has 0 aromatic heterocycles. The van der Waals surface area contributed by atoms with Crippen molar-refractivity contribution >= 4 is 11.5 Å². The highest BCUT2D eigenvalue weighted by Crippen LogP contribution is 2.31. The lowest BCUT2D eigenvalue weighted by molar-refractivity contribution is 0.103. The summed E-state index contributed by atoms with van der Waals surface area (Å²) < 4.78 is 0. The van der Waals surface area contributed by atoms with Gasteiger partial charge in [0.05, 0.1) is 0 Å². The molecule has 0 atom stereocenters. The largest absolute Gasteiger partial charge is 0.508 e. The predicted molar refractivity (Wildman–Crippen MR) is 81.1 cm³/mol. The Bertz CT molecular complexity index is 654. The number of anilines is 1. The van der Waals surface area contributed by atoms with E-state index >= 15 is 0 Å². The summed E-state index contributed by atoms with van der Waals surface area (Å²) in [6, 6.07) is 11.9. The van der Waals surface area contributed by atoms with Gasteiger partial charge in [-0.3, -0.25) is 4.79 Å². The molecule has 0 heterocycles. The standard InChI is InChI=1S/C17H19NO2/c1-17(2,3)14-10-12(7-8-15(14)19)16(20)11-5-4-6-13(18)9-11/h4-10,19H,18H2,1-3H3. The molecule has 104 valence electrons. The maximum atomic E-state index is 12.5. The van der Waals surface area contributed by atoms with E-state index in [1.165, 1.54) is 0 Å². The van der Waals surface area contributed by atoms with Crippen LogP contribution in [0.1, 0.15) is 42.3 Å². The number of benzene rings is 2. The number of rotatable bonds is 2. The minimum absolute atomic E-state index is 0.0946. The van der Waals surface area contributed by atoms with E-state index in [1.807, 2.05) is 20.8 Å². The van der Waals surface area contributed by atoms with Crippen LogP contribution in [-0.2, 0) is 5.41 Å². The average molecular weight is 269 g/mol. The third kappa shape index (κ3) is 2.82. The van der Waals surface area contributed by atoms with Crippen LogP contribution in [0, 0.1) is 0 Å². The second kappa shape index (κ2) is 5.00. The van der Waals surface area contributed by atoms with Crippen LogP contribution < -0.4 is 5.73 Å². The van der Waals surface area contributed by atoms with Gasteiger partial charge < -0.3 is 10.8 Å². The number of phenolic OH excluding ortho intramolecular Hbond substituents is 1. The summed E-state index contributed by atoms with van der Waals surface area (Å²) in [5, 5.41) is 9.94. The summed E-state index contributed by atoms with van der Waals surface area (Å²) >= 11 is 0. The lowest BCUT2D eigenvalue weighted by Gasteiger charge is -2.21. The monoisotopic (exact) mass is 269 g/mol. The van der Waals surface area contributed by atoms with E-state index < -0.39 is 0 Å². The molecule has 3 N–H and O–H groups in total. The number of hydrogen-bond acceptors (Lipinski definition) is 3. The van der Waals surface area contributed by atoms with Crippen LogP contribution in [0.25, 0.3) is 0 Å². The Morgan fingerprint density at radius 3 is 2.30 bits per heavy atom. The molecule has 2 aromatic carbocycles. The van der Waals surface area contributed by atoms with E-state index in [0.717, 1.165) is 5.56 Å². The molecule has 2 aromatic rings. The van der Waals surface area contributed by atoms with Crippen molar-refractivity contribution in [3.63, 3.8) is 0 Å². The maximum absolute atomic E-state index is 12.5. The van der Waals surface area contributed by atoms with Crippen molar-refractivity contribution in [1.82, 2.24) is 0 Å². The Morgan fingerprint density at radius 2 is 1.70 bits per heavy atom. The second-order valence-corrected chi connectivity index (χ2v) is 5.94. The third-order valence-electron chi connectivity index (χ3n) is 3.22. The fourth-order valence-electron chi connectivity index (χ4n) is 2.12. The minimum atomic E-state index is -0.226. The first-order chi connectivity index (χ1) is 9.29. The van der Waals surface area contributed by atoms with Crippen LogP contribution in [0.3, 0.4) is 0 Å². The molecular weight excluding hydrogens is 250 g/mol. The number of nitrogen functional groups attached to an aromatic ring is 1. The quantitative estimate of drug-likeness (QED) is 0.648. The SMILES string of the molecule is CC(C)(C)c1cc(C(=O)c2cccc(N)c2)ccc1O. The normalized spacial score (nSPS) is 11.3. The van der Waals surface area contributed by atoms with Crippen LogP contribution in [0.4, 0.5) is 5.69 Å². The second-order valence-electron chi connectivity index (χ2n) is 5.94. The summed E-state index contributed by atoms with van der Waals surface area (Å²) in [5.74, 6) is 0.115. The molecule has 0 bridgehead atoms. The van der Waals surface area contributed by atoms with Gasteiger partial charge in [-0.15, -0.1) is 0 Å². The molecule has 0 amide bonds. The van der Waals surface area contributed by atoms with Crippen molar-refractivity contribution < 1.29 is 9.90 Å². The highest BCUT2D eigenvalue weighted by Gasteiger charge is 2.20. The molecule has 3 nitrogen and oxygen atoms in total. The first-order valence-electron chi connectivity index (χ1n) is 6.53. The van der Waals surface area contributed by atoms with Gasteiger partial charge in [0.2, 0.25) is 0 Å². The van der Waals surface area contributed by atoms with Crippen LogP contribution in [0.5, 0.6) is 5.75 Å². The molecule has 20 heavy (non-hydrogen) atoms. The zero-order valence-corrected chi connectivity index (χ0v) is 12.0. The van der Waals surface area contributed by atoms with Crippen LogP contribution >= 0.6 is 0 Å². The fraction of sp³-hybridized carbons (Fsp3) is 0.235. The minimum Gasteiger partial charge on any atom is -0.508 e. The predicted octanol–water partition coefficient (Wildman–Crippen LogP) is 3.50. The molecule has 2 rings (SSSR count). The zero-order valence-electron chi connectivity index (χ0n) is 12.0. The molecule has 0 spiro atoms. The van der Waals surface area contributed by atoms with E-state index in [-0.39, 0.29) is 16.9 Å². The van der Waals surface area contributed by atoms with Crippen molar-refractivity contribution in [1.29, 1.82) is 0 Å². The van der Waals surface area contributed by atoms with E-state index in [0.29, 0.717) is 16.8 Å². The Hall–Kier alpha value is -2.29. The zero-order chi connectivity index (χ0) is 14.9. The number of nitrogens with two attached hydrogens (primary N) is 1. The summed E-state index contributed by atoms with van der Waals surface area (Å²) in [7, 11) is 0. The molecule has 0 aliphatic heterocycles. The van der Waals surface area contributed by atoms with Gasteiger partial charge in [0.1, 0.15) is 5.75 Å². The number of carbonyl (C=O) groups is 1. The highest BCUT2D eigenvalue weighted by atomic mass is 16.3. The third-order valence-corrected chi connectivity index (χ3v) is 3.22. The van der Waals surface area contributed by atoms with Gasteiger partial charge in [-0.25, -0.2) is 0 Å². The van der Waals surface area contributed by atoms with Gasteiger partial charge in [-0.1, -0.05) is 32.9 Å². The van der Waals surface area contributed by atoms with Gasteiger partial charge >= 0.3 is 0 Å². The number of phenols is 1. The summed E-state index contributed by atoms with van der Waals surface area (Å²) in [6.45, 7) is 5.99. The lowest BCUT2D eigenvalue weighted by Crippen LogP contribution is -2.13. The first kappa shape index (κ1) is 14.1. The Balaban J connectivity index is 2.46. The molecule has 0 aliphatic carbocycles. The summed E-state index contributed by atoms with van der Waals surface area (Å²) in [5.41, 5.74) is 7.90. The van der Waals surface area contributed by atoms with Gasteiger partial charge in [0, 0.05) is 16.8 Å². The lowest BCUT2D eigenvalue weighted by atomic mass is 9.84. The van der Waals surface area contributed by atoms with Crippen molar-refractivity contribution in [2.24, 2.45) is 0 Å². The Morgan fingerprint density at radius 1 is 1.05 bits per heavy atom. The summed E-state index contributed by atoms with van der Waals surface area (Å²) in [4.78, 5) is 12.5. The van der Waals surface area contributed by atoms with Gasteiger partial charge in [-0.05, 0) is 41.3 Å².